The predicted molar refractivity (Wildman–Crippen MR) is 77.8 cm³/mol. The summed E-state index contributed by atoms with van der Waals surface area (Å²) in [5, 5.41) is 0.709. The van der Waals surface area contributed by atoms with Crippen LogP contribution in [0.4, 0.5) is 0 Å². The van der Waals surface area contributed by atoms with Crippen LogP contribution < -0.4 is 10.5 Å². The second-order valence-electron chi connectivity index (χ2n) is 5.70. The average Bonchev–Trinajstić information content (AvgIpc) is 3.11. The van der Waals surface area contributed by atoms with E-state index in [9.17, 15) is 0 Å². The van der Waals surface area contributed by atoms with Crippen molar-refractivity contribution in [1.29, 1.82) is 0 Å². The highest BCUT2D eigenvalue weighted by atomic mass is 35.5. The SMILES string of the molecule is NC(Cc1ccc(OC2CC2)c(Cl)c1)CN1CCC1. The molecular weight excluding hydrogens is 260 g/mol. The molecule has 0 amide bonds. The van der Waals surface area contributed by atoms with Crippen molar-refractivity contribution >= 4 is 11.6 Å². The number of rotatable bonds is 6. The highest BCUT2D eigenvalue weighted by Crippen LogP contribution is 2.32. The van der Waals surface area contributed by atoms with Gasteiger partial charge in [0.15, 0.2) is 0 Å². The van der Waals surface area contributed by atoms with E-state index in [1.54, 1.807) is 0 Å². The van der Waals surface area contributed by atoms with E-state index < -0.39 is 0 Å². The van der Waals surface area contributed by atoms with E-state index >= 15 is 0 Å². The van der Waals surface area contributed by atoms with Gasteiger partial charge in [0, 0.05) is 12.6 Å². The molecule has 1 aliphatic carbocycles. The maximum atomic E-state index is 6.25. The first kappa shape index (κ1) is 13.2. The van der Waals surface area contributed by atoms with Gasteiger partial charge in [-0.2, -0.15) is 0 Å². The van der Waals surface area contributed by atoms with Gasteiger partial charge in [-0.1, -0.05) is 17.7 Å². The highest BCUT2D eigenvalue weighted by Gasteiger charge is 2.24. The highest BCUT2D eigenvalue weighted by molar-refractivity contribution is 6.32. The smallest absolute Gasteiger partial charge is 0.138 e. The Kier molecular flexibility index (Phi) is 3.96. The zero-order chi connectivity index (χ0) is 13.2. The van der Waals surface area contributed by atoms with Crippen LogP contribution in [0.3, 0.4) is 0 Å². The van der Waals surface area contributed by atoms with Crippen LogP contribution in [0.5, 0.6) is 5.75 Å². The van der Waals surface area contributed by atoms with E-state index in [1.807, 2.05) is 12.1 Å². The first-order chi connectivity index (χ1) is 9.20. The molecule has 104 valence electrons. The van der Waals surface area contributed by atoms with Gasteiger partial charge in [-0.15, -0.1) is 0 Å². The molecule has 1 unspecified atom stereocenters. The summed E-state index contributed by atoms with van der Waals surface area (Å²) in [4.78, 5) is 2.40. The summed E-state index contributed by atoms with van der Waals surface area (Å²) in [6, 6.07) is 6.24. The molecule has 3 rings (SSSR count). The molecule has 1 atom stereocenters. The minimum atomic E-state index is 0.187. The molecule has 1 aromatic carbocycles. The number of nitrogens with zero attached hydrogens (tertiary/aromatic N) is 1. The van der Waals surface area contributed by atoms with Gasteiger partial charge in [0.1, 0.15) is 5.75 Å². The number of halogens is 1. The third-order valence-electron chi connectivity index (χ3n) is 3.75. The Hall–Kier alpha value is -0.770. The third-order valence-corrected chi connectivity index (χ3v) is 4.05. The molecule has 1 aromatic rings. The van der Waals surface area contributed by atoms with Crippen LogP contribution in [0.1, 0.15) is 24.8 Å². The van der Waals surface area contributed by atoms with Crippen LogP contribution in [0.15, 0.2) is 18.2 Å². The first-order valence-corrected chi connectivity index (χ1v) is 7.51. The lowest BCUT2D eigenvalue weighted by atomic mass is 10.0. The van der Waals surface area contributed by atoms with Crippen molar-refractivity contribution in [3.8, 4) is 5.75 Å². The summed E-state index contributed by atoms with van der Waals surface area (Å²) in [6.07, 6.45) is 4.88. The minimum Gasteiger partial charge on any atom is -0.489 e. The molecule has 1 heterocycles. The molecule has 0 bridgehead atoms. The third kappa shape index (κ3) is 3.62. The summed E-state index contributed by atoms with van der Waals surface area (Å²) in [5.74, 6) is 0.809. The molecule has 0 spiro atoms. The van der Waals surface area contributed by atoms with Crippen LogP contribution in [-0.4, -0.2) is 36.7 Å². The van der Waals surface area contributed by atoms with Gasteiger partial charge in [-0.05, 0) is 56.5 Å². The lowest BCUT2D eigenvalue weighted by Gasteiger charge is -2.32. The van der Waals surface area contributed by atoms with Gasteiger partial charge < -0.3 is 15.4 Å². The monoisotopic (exact) mass is 280 g/mol. The number of nitrogens with two attached hydrogens (primary N) is 1. The van der Waals surface area contributed by atoms with Crippen molar-refractivity contribution in [2.75, 3.05) is 19.6 Å². The van der Waals surface area contributed by atoms with E-state index in [-0.39, 0.29) is 6.04 Å². The fourth-order valence-corrected chi connectivity index (χ4v) is 2.64. The molecule has 1 saturated heterocycles. The van der Waals surface area contributed by atoms with E-state index in [4.69, 9.17) is 22.1 Å². The molecule has 3 nitrogen and oxygen atoms in total. The lowest BCUT2D eigenvalue weighted by Crippen LogP contribution is -2.45. The van der Waals surface area contributed by atoms with Crippen molar-refractivity contribution in [2.24, 2.45) is 5.73 Å². The van der Waals surface area contributed by atoms with Gasteiger partial charge in [0.25, 0.3) is 0 Å². The Morgan fingerprint density at radius 1 is 1.37 bits per heavy atom. The van der Waals surface area contributed by atoms with Crippen molar-refractivity contribution < 1.29 is 4.74 Å². The normalized spacial score (nSPS) is 20.9. The molecule has 2 N–H and O–H groups in total. The van der Waals surface area contributed by atoms with Crippen LogP contribution >= 0.6 is 11.6 Å². The summed E-state index contributed by atoms with van der Waals surface area (Å²) in [5.41, 5.74) is 7.37. The summed E-state index contributed by atoms with van der Waals surface area (Å²) in [7, 11) is 0. The second kappa shape index (κ2) is 5.70. The van der Waals surface area contributed by atoms with Crippen molar-refractivity contribution in [3.63, 3.8) is 0 Å². The summed E-state index contributed by atoms with van der Waals surface area (Å²) in [6.45, 7) is 3.38. The topological polar surface area (TPSA) is 38.5 Å². The first-order valence-electron chi connectivity index (χ1n) is 7.14. The van der Waals surface area contributed by atoms with E-state index in [0.717, 1.165) is 31.6 Å². The Labute approximate surface area is 119 Å². The zero-order valence-electron chi connectivity index (χ0n) is 11.1. The standard InChI is InChI=1S/C15H21ClN2O/c16-14-9-11(2-5-15(14)19-13-3-4-13)8-12(17)10-18-6-1-7-18/h2,5,9,12-13H,1,3-4,6-8,10,17H2. The Bertz CT molecular complexity index is 444. The van der Waals surface area contributed by atoms with Crippen LogP contribution in [-0.2, 0) is 6.42 Å². The summed E-state index contributed by atoms with van der Waals surface area (Å²) >= 11 is 6.25. The number of benzene rings is 1. The van der Waals surface area contributed by atoms with E-state index in [1.165, 1.54) is 25.1 Å². The summed E-state index contributed by atoms with van der Waals surface area (Å²) < 4.78 is 5.74. The minimum absolute atomic E-state index is 0.187. The van der Waals surface area contributed by atoms with Gasteiger partial charge in [-0.3, -0.25) is 0 Å². The molecule has 4 heteroatoms. The van der Waals surface area contributed by atoms with Gasteiger partial charge in [0.2, 0.25) is 0 Å². The zero-order valence-corrected chi connectivity index (χ0v) is 11.9. The maximum absolute atomic E-state index is 6.25. The van der Waals surface area contributed by atoms with Crippen molar-refractivity contribution in [3.05, 3.63) is 28.8 Å². The number of ether oxygens (including phenoxy) is 1. The Balaban J connectivity index is 1.55. The molecule has 19 heavy (non-hydrogen) atoms. The van der Waals surface area contributed by atoms with Crippen molar-refractivity contribution in [1.82, 2.24) is 4.90 Å². The predicted octanol–water partition coefficient (Wildman–Crippen LogP) is 2.46. The molecule has 0 radical (unpaired) electrons. The number of likely N-dealkylation sites (tertiary alicyclic amines) is 1. The molecule has 0 aromatic heterocycles. The van der Waals surface area contributed by atoms with Crippen LogP contribution in [0, 0.1) is 0 Å². The fraction of sp³-hybridized carbons (Fsp3) is 0.600. The largest absolute Gasteiger partial charge is 0.489 e. The van der Waals surface area contributed by atoms with E-state index in [2.05, 4.69) is 11.0 Å². The van der Waals surface area contributed by atoms with Crippen LogP contribution in [0.25, 0.3) is 0 Å². The second-order valence-corrected chi connectivity index (χ2v) is 6.11. The molecule has 2 fully saturated rings. The molecule has 2 aliphatic rings. The number of hydrogen-bond acceptors (Lipinski definition) is 3. The number of hydrogen-bond donors (Lipinski definition) is 1. The molecule has 1 aliphatic heterocycles. The fourth-order valence-electron chi connectivity index (χ4n) is 2.40. The van der Waals surface area contributed by atoms with Crippen molar-refractivity contribution in [2.45, 2.75) is 37.8 Å². The molecule has 1 saturated carbocycles. The average molecular weight is 281 g/mol. The van der Waals surface area contributed by atoms with Gasteiger partial charge >= 0.3 is 0 Å². The Morgan fingerprint density at radius 3 is 2.74 bits per heavy atom. The molecular formula is C15H21ClN2O. The van der Waals surface area contributed by atoms with E-state index in [0.29, 0.717) is 11.1 Å². The Morgan fingerprint density at radius 2 is 2.16 bits per heavy atom. The van der Waals surface area contributed by atoms with Gasteiger partial charge in [0.05, 0.1) is 11.1 Å². The van der Waals surface area contributed by atoms with Gasteiger partial charge in [-0.25, -0.2) is 0 Å². The lowest BCUT2D eigenvalue weighted by molar-refractivity contribution is 0.170. The van der Waals surface area contributed by atoms with Crippen LogP contribution in [0.2, 0.25) is 5.02 Å². The maximum Gasteiger partial charge on any atom is 0.138 e. The quantitative estimate of drug-likeness (QED) is 0.870.